The van der Waals surface area contributed by atoms with Crippen molar-refractivity contribution < 1.29 is 34.8 Å². The summed E-state index contributed by atoms with van der Waals surface area (Å²) in [5.41, 5.74) is 21.7. The second-order valence-corrected chi connectivity index (χ2v) is 28.5. The Labute approximate surface area is 525 Å². The maximum absolute atomic E-state index is 14.7. The number of ketones is 2. The van der Waals surface area contributed by atoms with Crippen molar-refractivity contribution in [2.24, 2.45) is 80.6 Å². The number of allylic oxidation sites excluding steroid dienone is 3. The zero-order valence-electron chi connectivity index (χ0n) is 51.9. The van der Waals surface area contributed by atoms with Crippen molar-refractivity contribution in [1.82, 2.24) is 26.6 Å². The summed E-state index contributed by atoms with van der Waals surface area (Å²) in [5.74, 6) is 6.30. The molecule has 3 aromatic carbocycles. The van der Waals surface area contributed by atoms with E-state index in [1.807, 2.05) is 25.3 Å². The summed E-state index contributed by atoms with van der Waals surface area (Å²) in [6.07, 6.45) is 25.9. The fourth-order valence-electron chi connectivity index (χ4n) is 20.1. The topological polar surface area (TPSA) is 249 Å². The second kappa shape index (κ2) is 26.5. The van der Waals surface area contributed by atoms with E-state index in [4.69, 9.17) is 21.2 Å². The highest BCUT2D eigenvalue weighted by Gasteiger charge is 2.70. The number of piperidine rings is 1. The molecule has 15 rings (SSSR count). The van der Waals surface area contributed by atoms with Crippen LogP contribution in [0.5, 0.6) is 11.5 Å². The van der Waals surface area contributed by atoms with Crippen LogP contribution in [0.2, 0.25) is 0 Å². The fourth-order valence-corrected chi connectivity index (χ4v) is 20.1. The van der Waals surface area contributed by atoms with Crippen LogP contribution in [0.4, 0.5) is 0 Å². The van der Waals surface area contributed by atoms with Gasteiger partial charge >= 0.3 is 0 Å². The minimum atomic E-state index is -0.711. The van der Waals surface area contributed by atoms with E-state index in [1.54, 1.807) is 12.1 Å². The number of aliphatic imine (C=N–C) groups is 1. The van der Waals surface area contributed by atoms with Gasteiger partial charge in [-0.05, 0) is 249 Å². The van der Waals surface area contributed by atoms with Gasteiger partial charge in [0.2, 0.25) is 5.96 Å². The molecular weight excluding hydrogens is 1110 g/mol. The molecule has 12 aliphatic rings. The van der Waals surface area contributed by atoms with Gasteiger partial charge in [0.1, 0.15) is 5.78 Å². The molecule has 5 saturated carbocycles. The van der Waals surface area contributed by atoms with Gasteiger partial charge in [0.15, 0.2) is 24.1 Å². The molecule has 13 N–H and O–H groups in total. The highest BCUT2D eigenvalue weighted by Crippen LogP contribution is 2.74. The maximum Gasteiger partial charge on any atom is 0.202 e. The molecule has 0 amide bonds. The van der Waals surface area contributed by atoms with Crippen molar-refractivity contribution in [1.29, 1.82) is 0 Å². The summed E-state index contributed by atoms with van der Waals surface area (Å²) in [6, 6.07) is 25.9. The number of Topliss-reactive ketones (excluding diaryl/α,β-unsaturated/α-hetero) is 1. The minimum Gasteiger partial charge on any atom is -0.504 e. The Kier molecular flexibility index (Phi) is 18.3. The molecule has 5 aliphatic carbocycles. The Bertz CT molecular complexity index is 3380. The molecule has 6 fully saturated rings. The molecule has 3 aromatic rings. The van der Waals surface area contributed by atoms with Gasteiger partial charge in [0.25, 0.3) is 0 Å². The number of carbonyl (C=O) groups is 2. The van der Waals surface area contributed by atoms with Crippen LogP contribution >= 0.6 is 0 Å². The van der Waals surface area contributed by atoms with Gasteiger partial charge < -0.3 is 63.2 Å². The molecule has 472 valence electrons. The number of carbonyl (C=O) groups excluding carboxylic acids is 2. The standard InChI is InChI=1S/C74H94N8O7/c1-44(85)64-32-53-30-57-29-50-18-20-74(70(50)53)67-17-16-48(37-73(67,39-68(74)82-64)38-63-60-19-23-77-40-54(60)27-51-13-7-21-78-71(51)63)26-58(86)34-59(87)31-56(42-83)61-35-66(89-43-84)65(88)33-52(61)28-55-41-80-69(75)36-62(55)49(12-6-22-79-72(76)81-57)25-47-11-5-10-46(24-47)15-14-45-8-3-2-4-9-45/h2-5,7-11,13,24,31-33,35-36,41,44,48-51,54,57,60,63-64,67-71,77-78,80,82-85,88H,12,14-21,23,25-30,34,37-40,42-43,75H2,1H3,(H3,76,79,81). The van der Waals surface area contributed by atoms with Crippen LogP contribution in [0.3, 0.4) is 0 Å². The predicted octanol–water partition coefficient (Wildman–Crippen LogP) is 7.58. The number of phenolic OH excluding ortho intramolecular Hbond substituents is 1. The molecule has 7 heterocycles. The lowest BCUT2D eigenvalue weighted by Crippen LogP contribution is -2.57. The molecule has 89 heavy (non-hydrogen) atoms. The number of nitrogens with zero attached hydrogens (tertiary/aromatic N) is 1. The van der Waals surface area contributed by atoms with E-state index >= 15 is 0 Å². The van der Waals surface area contributed by atoms with Crippen LogP contribution in [0.15, 0.2) is 125 Å². The van der Waals surface area contributed by atoms with Gasteiger partial charge in [-0.25, -0.2) is 0 Å². The summed E-state index contributed by atoms with van der Waals surface area (Å²) in [6.45, 7) is 3.68. The monoisotopic (exact) mass is 1210 g/mol. The summed E-state index contributed by atoms with van der Waals surface area (Å²) in [7, 11) is 0. The third-order valence-corrected chi connectivity index (χ3v) is 23.3. The average molecular weight is 1210 g/mol. The lowest BCUT2D eigenvalue weighted by atomic mass is 9.50. The Balaban J connectivity index is 0.874. The molecule has 17 unspecified atom stereocenters. The third-order valence-electron chi connectivity index (χ3n) is 23.3. The number of fused-ring (bicyclic) bond motifs is 2. The number of benzene rings is 3. The van der Waals surface area contributed by atoms with Gasteiger partial charge in [-0.3, -0.25) is 9.59 Å². The van der Waals surface area contributed by atoms with Gasteiger partial charge in [0.05, 0.1) is 31.3 Å². The second-order valence-electron chi connectivity index (χ2n) is 28.5. The number of dihydropyridines is 1. The van der Waals surface area contributed by atoms with Crippen molar-refractivity contribution in [3.63, 3.8) is 0 Å². The van der Waals surface area contributed by atoms with Crippen LogP contribution in [-0.4, -0.2) is 107 Å². The van der Waals surface area contributed by atoms with E-state index in [1.165, 1.54) is 35.6 Å². The van der Waals surface area contributed by atoms with E-state index in [0.717, 1.165) is 107 Å². The maximum atomic E-state index is 14.7. The minimum absolute atomic E-state index is 0.0146. The number of aliphatic hydroxyl groups excluding tert-OH is 3. The average Bonchev–Trinajstić information content (AvgIpc) is 1.52. The van der Waals surface area contributed by atoms with E-state index in [0.29, 0.717) is 83.8 Å². The zero-order valence-corrected chi connectivity index (χ0v) is 51.9. The zero-order chi connectivity index (χ0) is 61.4. The molecule has 8 bridgehead atoms. The number of nitrogens with two attached hydrogens (primary N) is 2. The van der Waals surface area contributed by atoms with Gasteiger partial charge in [-0.15, -0.1) is 0 Å². The number of hydrogen-bond donors (Lipinski definition) is 11. The summed E-state index contributed by atoms with van der Waals surface area (Å²) >= 11 is 0. The summed E-state index contributed by atoms with van der Waals surface area (Å²) < 4.78 is 5.51. The number of aromatic hydroxyl groups is 1. The molecule has 7 aliphatic heterocycles. The molecule has 17 atom stereocenters. The van der Waals surface area contributed by atoms with Crippen LogP contribution in [0.1, 0.15) is 125 Å². The number of guanidine groups is 1. The van der Waals surface area contributed by atoms with Gasteiger partial charge in [-0.1, -0.05) is 84.3 Å². The van der Waals surface area contributed by atoms with E-state index < -0.39 is 31.5 Å². The van der Waals surface area contributed by atoms with E-state index in [2.05, 4.69) is 105 Å². The van der Waals surface area contributed by atoms with Gasteiger partial charge in [-0.2, -0.15) is 4.99 Å². The first-order valence-electron chi connectivity index (χ1n) is 33.6. The van der Waals surface area contributed by atoms with Crippen molar-refractivity contribution in [3.8, 4) is 23.5 Å². The smallest absolute Gasteiger partial charge is 0.202 e. The normalized spacial score (nSPS) is 35.5. The molecule has 1 spiro atoms. The number of hydrogen-bond acceptors (Lipinski definition) is 15. The Morgan fingerprint density at radius 3 is 2.61 bits per heavy atom. The number of rotatable bonds is 11. The Morgan fingerprint density at radius 2 is 1.76 bits per heavy atom. The molecule has 15 nitrogen and oxygen atoms in total. The van der Waals surface area contributed by atoms with E-state index in [9.17, 15) is 30.0 Å². The van der Waals surface area contributed by atoms with Crippen molar-refractivity contribution >= 4 is 23.1 Å². The first kappa shape index (κ1) is 61.5. The number of aliphatic hydroxyl groups is 3. The predicted molar refractivity (Wildman–Crippen MR) is 347 cm³/mol. The largest absolute Gasteiger partial charge is 0.504 e. The SMILES string of the molecule is CC(O)C1C=C2CC3CC4CCC5(C(CC6(CC7C8CCNCC8CC8C=CCNC87)CC(CCC65)CC(=O)CC(=O)C=C(CO)c5cc(OCO)c(O)cc5CC5=CNC(N)C=C5C(Cc5cccc(CCc6ccccc6)c5)CC#CN=C(N)N3)N1)C24. The third kappa shape index (κ3) is 12.7. The van der Waals surface area contributed by atoms with Crippen LogP contribution in [0, 0.1) is 76.1 Å². The van der Waals surface area contributed by atoms with Crippen LogP contribution in [-0.2, 0) is 35.3 Å². The first-order valence-corrected chi connectivity index (χ1v) is 33.6. The van der Waals surface area contributed by atoms with Crippen molar-refractivity contribution in [2.45, 2.75) is 159 Å². The van der Waals surface area contributed by atoms with Gasteiger partial charge in [0, 0.05) is 49.8 Å². The van der Waals surface area contributed by atoms with Crippen LogP contribution in [0.25, 0.3) is 5.57 Å². The fraction of sp³-hybridized carbons (Fsp3) is 0.554. The number of ether oxygens (including phenoxy) is 1. The molecule has 0 aromatic heterocycles. The highest BCUT2D eigenvalue weighted by atomic mass is 16.6. The Morgan fingerprint density at radius 1 is 0.921 bits per heavy atom. The molecule has 1 saturated heterocycles. The molecular formula is C74H94N8O7. The van der Waals surface area contributed by atoms with Crippen molar-refractivity contribution in [3.05, 3.63) is 148 Å². The lowest BCUT2D eigenvalue weighted by molar-refractivity contribution is -0.126. The molecule has 0 radical (unpaired) electrons. The molecule has 15 heteroatoms. The van der Waals surface area contributed by atoms with E-state index in [-0.39, 0.29) is 76.5 Å². The van der Waals surface area contributed by atoms with Crippen LogP contribution < -0.4 is 42.8 Å². The quantitative estimate of drug-likeness (QED) is 0.0384. The van der Waals surface area contributed by atoms with Crippen molar-refractivity contribution in [2.75, 3.05) is 33.0 Å². The summed E-state index contributed by atoms with van der Waals surface area (Å²) in [5, 5.41) is 63.4. The number of nitrogens with one attached hydrogen (secondary N) is 5. The number of phenols is 1. The summed E-state index contributed by atoms with van der Waals surface area (Å²) in [4.78, 5) is 34.0. The highest BCUT2D eigenvalue weighted by molar-refractivity contribution is 6.08. The number of aryl methyl sites for hydroxylation is 2. The Hall–Kier alpha value is -6.35. The first-order chi connectivity index (χ1) is 43.3. The lowest BCUT2D eigenvalue weighted by Gasteiger charge is -2.56.